The van der Waals surface area contributed by atoms with Crippen LogP contribution in [0.1, 0.15) is 84.0 Å². The van der Waals surface area contributed by atoms with Crippen molar-refractivity contribution in [3.05, 3.63) is 0 Å². The van der Waals surface area contributed by atoms with E-state index in [1.54, 1.807) is 6.92 Å². The number of rotatable bonds is 33. The van der Waals surface area contributed by atoms with Crippen LogP contribution in [0.5, 0.6) is 0 Å². The van der Waals surface area contributed by atoms with E-state index in [-0.39, 0.29) is 57.3 Å². The number of carboxylic acid groups (broad SMARTS) is 3. The van der Waals surface area contributed by atoms with Gasteiger partial charge >= 0.3 is 17.9 Å². The van der Waals surface area contributed by atoms with Crippen molar-refractivity contribution in [3.8, 4) is 0 Å². The number of aliphatic carboxylic acids is 3. The maximum Gasteiger partial charge on any atom is 0.326 e. The fourth-order valence-electron chi connectivity index (χ4n) is 4.01. The van der Waals surface area contributed by atoms with Gasteiger partial charge in [-0.25, -0.2) is 4.79 Å². The maximum absolute atomic E-state index is 12.1. The molecule has 16 heteroatoms. The smallest absolute Gasteiger partial charge is 0.326 e. The monoisotopic (exact) mass is 677 g/mol. The second-order valence-corrected chi connectivity index (χ2v) is 10.9. The molecule has 0 radical (unpaired) electrons. The third-order valence-corrected chi connectivity index (χ3v) is 6.80. The fourth-order valence-corrected chi connectivity index (χ4v) is 4.01. The van der Waals surface area contributed by atoms with Gasteiger partial charge in [0.2, 0.25) is 17.7 Å². The summed E-state index contributed by atoms with van der Waals surface area (Å²) < 4.78 is 21.5. The average molecular weight is 678 g/mol. The Morgan fingerprint density at radius 2 is 1.04 bits per heavy atom. The molecule has 2 atom stereocenters. The SMILES string of the molecule is C[C@@H](CCCCNC(=O)CC[C@H](NC(=O)CCOCCOCCOCCOCCNC(=O)CCCCCCC(=O)O)C(=O)O)C(=O)O. The molecule has 0 aliphatic heterocycles. The molecule has 0 saturated carbocycles. The van der Waals surface area contributed by atoms with E-state index in [4.69, 9.17) is 29.2 Å². The lowest BCUT2D eigenvalue weighted by Crippen LogP contribution is -2.42. The van der Waals surface area contributed by atoms with Crippen molar-refractivity contribution >= 4 is 35.6 Å². The van der Waals surface area contributed by atoms with Crippen molar-refractivity contribution in [2.45, 2.75) is 90.0 Å². The van der Waals surface area contributed by atoms with E-state index in [1.165, 1.54) is 0 Å². The maximum atomic E-state index is 12.1. The Bertz CT molecular complexity index is 904. The van der Waals surface area contributed by atoms with Crippen molar-refractivity contribution in [1.29, 1.82) is 0 Å². The van der Waals surface area contributed by atoms with Crippen LogP contribution in [0.25, 0.3) is 0 Å². The van der Waals surface area contributed by atoms with Crippen LogP contribution in [-0.4, -0.2) is 123 Å². The molecule has 0 spiro atoms. The van der Waals surface area contributed by atoms with E-state index >= 15 is 0 Å². The number of unbranched alkanes of at least 4 members (excludes halogenated alkanes) is 4. The molecule has 0 aromatic heterocycles. The van der Waals surface area contributed by atoms with Gasteiger partial charge in [-0.3, -0.25) is 24.0 Å². The van der Waals surface area contributed by atoms with Crippen LogP contribution in [0.4, 0.5) is 0 Å². The van der Waals surface area contributed by atoms with Crippen LogP contribution in [0, 0.1) is 5.92 Å². The summed E-state index contributed by atoms with van der Waals surface area (Å²) in [6.07, 6.45) is 5.15. The Kier molecular flexibility index (Phi) is 27.9. The van der Waals surface area contributed by atoms with Crippen LogP contribution in [0.15, 0.2) is 0 Å². The van der Waals surface area contributed by atoms with Crippen LogP contribution in [0.2, 0.25) is 0 Å². The first-order valence-electron chi connectivity index (χ1n) is 16.3. The number of carbonyl (C=O) groups is 6. The Morgan fingerprint density at radius 1 is 0.511 bits per heavy atom. The number of nitrogens with one attached hydrogen (secondary N) is 3. The minimum atomic E-state index is -1.24. The van der Waals surface area contributed by atoms with Gasteiger partial charge in [-0.1, -0.05) is 26.2 Å². The zero-order chi connectivity index (χ0) is 35.1. The Morgan fingerprint density at radius 3 is 1.62 bits per heavy atom. The second-order valence-electron chi connectivity index (χ2n) is 10.9. The highest BCUT2D eigenvalue weighted by Crippen LogP contribution is 2.07. The highest BCUT2D eigenvalue weighted by Gasteiger charge is 2.21. The molecular weight excluding hydrogens is 622 g/mol. The number of hydrogen-bond acceptors (Lipinski definition) is 10. The summed E-state index contributed by atoms with van der Waals surface area (Å²) in [5.74, 6) is -4.24. The first-order chi connectivity index (χ1) is 22.5. The van der Waals surface area contributed by atoms with Gasteiger partial charge in [-0.2, -0.15) is 0 Å². The van der Waals surface area contributed by atoms with E-state index in [0.717, 1.165) is 19.3 Å². The van der Waals surface area contributed by atoms with E-state index < -0.39 is 35.8 Å². The van der Waals surface area contributed by atoms with Gasteiger partial charge in [0.25, 0.3) is 0 Å². The summed E-state index contributed by atoms with van der Waals surface area (Å²) in [7, 11) is 0. The van der Waals surface area contributed by atoms with Crippen LogP contribution in [0.3, 0.4) is 0 Å². The standard InChI is InChI=1S/C31H55N3O13/c1-24(30(40)41)8-6-7-14-32-27(36)12-11-25(31(42)43)34-28(37)13-16-44-18-20-46-22-23-47-21-19-45-17-15-33-26(35)9-4-2-3-5-10-29(38)39/h24-25H,2-23H2,1H3,(H,32,36)(H,33,35)(H,34,37)(H,38,39)(H,40,41)(H,42,43)/t24-,25-/m0/s1. The largest absolute Gasteiger partial charge is 0.481 e. The van der Waals surface area contributed by atoms with Gasteiger partial charge in [-0.05, 0) is 32.1 Å². The molecule has 0 aliphatic carbocycles. The molecule has 47 heavy (non-hydrogen) atoms. The third-order valence-electron chi connectivity index (χ3n) is 6.80. The Hall–Kier alpha value is -3.34. The minimum absolute atomic E-state index is 0.0479. The van der Waals surface area contributed by atoms with E-state index in [9.17, 15) is 33.9 Å². The molecule has 0 rings (SSSR count). The predicted octanol–water partition coefficient (Wildman–Crippen LogP) is 1.34. The molecule has 0 saturated heterocycles. The van der Waals surface area contributed by atoms with Crippen molar-refractivity contribution in [3.63, 3.8) is 0 Å². The topological polar surface area (TPSA) is 236 Å². The Labute approximate surface area is 276 Å². The molecule has 0 heterocycles. The molecule has 0 aromatic carbocycles. The molecule has 0 aliphatic rings. The summed E-state index contributed by atoms with van der Waals surface area (Å²) in [4.78, 5) is 68.5. The molecule has 0 fully saturated rings. The summed E-state index contributed by atoms with van der Waals surface area (Å²) in [5, 5.41) is 34.6. The zero-order valence-corrected chi connectivity index (χ0v) is 27.6. The number of ether oxygens (including phenoxy) is 4. The van der Waals surface area contributed by atoms with Gasteiger partial charge < -0.3 is 50.2 Å². The van der Waals surface area contributed by atoms with Crippen molar-refractivity contribution < 1.29 is 63.0 Å². The minimum Gasteiger partial charge on any atom is -0.481 e. The molecule has 0 bridgehead atoms. The lowest BCUT2D eigenvalue weighted by atomic mass is 10.0. The lowest BCUT2D eigenvalue weighted by Gasteiger charge is -2.14. The second kappa shape index (κ2) is 30.0. The van der Waals surface area contributed by atoms with Crippen molar-refractivity contribution in [1.82, 2.24) is 16.0 Å². The average Bonchev–Trinajstić information content (AvgIpc) is 3.02. The fraction of sp³-hybridized carbons (Fsp3) is 0.806. The first-order valence-corrected chi connectivity index (χ1v) is 16.3. The number of carbonyl (C=O) groups excluding carboxylic acids is 3. The van der Waals surface area contributed by atoms with Crippen molar-refractivity contribution in [2.75, 3.05) is 65.9 Å². The quantitative estimate of drug-likeness (QED) is 0.0539. The van der Waals surface area contributed by atoms with E-state index in [1.807, 2.05) is 0 Å². The predicted molar refractivity (Wildman–Crippen MR) is 169 cm³/mol. The van der Waals surface area contributed by atoms with E-state index in [0.29, 0.717) is 78.2 Å². The first kappa shape index (κ1) is 43.7. The van der Waals surface area contributed by atoms with Crippen LogP contribution >= 0.6 is 0 Å². The normalized spacial score (nSPS) is 12.2. The van der Waals surface area contributed by atoms with E-state index in [2.05, 4.69) is 16.0 Å². The zero-order valence-electron chi connectivity index (χ0n) is 27.6. The highest BCUT2D eigenvalue weighted by atomic mass is 16.6. The summed E-state index contributed by atoms with van der Waals surface area (Å²) in [6.45, 7) is 4.81. The van der Waals surface area contributed by atoms with Gasteiger partial charge in [0.15, 0.2) is 0 Å². The van der Waals surface area contributed by atoms with Gasteiger partial charge in [0, 0.05) is 38.8 Å². The number of hydrogen-bond donors (Lipinski definition) is 6. The summed E-state index contributed by atoms with van der Waals surface area (Å²) >= 11 is 0. The molecule has 3 amide bonds. The van der Waals surface area contributed by atoms with Crippen LogP contribution in [-0.2, 0) is 47.7 Å². The molecule has 0 aromatic rings. The lowest BCUT2D eigenvalue weighted by molar-refractivity contribution is -0.142. The summed E-state index contributed by atoms with van der Waals surface area (Å²) in [6, 6.07) is -1.20. The van der Waals surface area contributed by atoms with Gasteiger partial charge in [0.1, 0.15) is 6.04 Å². The molecule has 6 N–H and O–H groups in total. The Balaban J connectivity index is 3.62. The molecular formula is C31H55N3O13. The third kappa shape index (κ3) is 29.8. The van der Waals surface area contributed by atoms with Crippen molar-refractivity contribution in [2.24, 2.45) is 5.92 Å². The number of carboxylic acids is 3. The number of amides is 3. The summed E-state index contributed by atoms with van der Waals surface area (Å²) in [5.41, 5.74) is 0. The van der Waals surface area contributed by atoms with Gasteiger partial charge in [0.05, 0.1) is 58.8 Å². The molecule has 16 nitrogen and oxygen atoms in total. The van der Waals surface area contributed by atoms with Crippen LogP contribution < -0.4 is 16.0 Å². The van der Waals surface area contributed by atoms with Gasteiger partial charge in [-0.15, -0.1) is 0 Å². The molecule has 0 unspecified atom stereocenters. The highest BCUT2D eigenvalue weighted by molar-refractivity contribution is 5.84. The molecule has 272 valence electrons.